The molecule has 0 aromatic heterocycles. The number of rotatable bonds is 3. The van der Waals surface area contributed by atoms with Gasteiger partial charge in [-0.1, -0.05) is 60.7 Å². The molecule has 0 fully saturated rings. The van der Waals surface area contributed by atoms with Gasteiger partial charge in [-0.05, 0) is 35.7 Å². The Morgan fingerprint density at radius 3 is 1.96 bits per heavy atom. The molecule has 0 spiro atoms. The Kier molecular flexibility index (Phi) is 4.24. The largest absolute Gasteiger partial charge is 0.507 e. The number of phenolic OH excluding ortho intramolecular Hbond substituents is 1. The summed E-state index contributed by atoms with van der Waals surface area (Å²) in [5, 5.41) is 10.2. The van der Waals surface area contributed by atoms with Crippen LogP contribution in [0, 0.1) is 6.92 Å². The summed E-state index contributed by atoms with van der Waals surface area (Å²) < 4.78 is 0. The van der Waals surface area contributed by atoms with Crippen molar-refractivity contribution in [3.8, 4) is 16.9 Å². The van der Waals surface area contributed by atoms with Gasteiger partial charge in [0.15, 0.2) is 0 Å². The first-order chi connectivity index (χ1) is 11.2. The van der Waals surface area contributed by atoms with Crippen LogP contribution in [-0.2, 0) is 0 Å². The molecule has 3 rings (SSSR count). The van der Waals surface area contributed by atoms with Gasteiger partial charge in [0.2, 0.25) is 0 Å². The fraction of sp³-hybridized carbons (Fsp3) is 0.0952. The first-order valence-corrected chi connectivity index (χ1v) is 7.63. The van der Waals surface area contributed by atoms with Crippen LogP contribution < -0.4 is 0 Å². The smallest absolute Gasteiger partial charge is 0.124 e. The third kappa shape index (κ3) is 2.88. The second-order valence-corrected chi connectivity index (χ2v) is 5.45. The molecule has 2 heteroatoms. The molecule has 0 saturated carbocycles. The van der Waals surface area contributed by atoms with Crippen molar-refractivity contribution in [3.63, 3.8) is 0 Å². The Morgan fingerprint density at radius 2 is 1.30 bits per heavy atom. The highest BCUT2D eigenvalue weighted by molar-refractivity contribution is 6.17. The van der Waals surface area contributed by atoms with Gasteiger partial charge in [-0.3, -0.25) is 4.99 Å². The molecule has 0 unspecified atom stereocenters. The minimum absolute atomic E-state index is 0.243. The maximum absolute atomic E-state index is 10.2. The fourth-order valence-electron chi connectivity index (χ4n) is 2.86. The van der Waals surface area contributed by atoms with Gasteiger partial charge in [0.1, 0.15) is 5.75 Å². The predicted molar refractivity (Wildman–Crippen MR) is 96.3 cm³/mol. The highest BCUT2D eigenvalue weighted by Crippen LogP contribution is 2.30. The van der Waals surface area contributed by atoms with Crippen LogP contribution in [0.25, 0.3) is 11.1 Å². The lowest BCUT2D eigenvalue weighted by Gasteiger charge is -2.15. The van der Waals surface area contributed by atoms with E-state index in [1.807, 2.05) is 42.5 Å². The van der Waals surface area contributed by atoms with Crippen LogP contribution >= 0.6 is 0 Å². The third-order valence-corrected chi connectivity index (χ3v) is 4.00. The molecule has 3 aromatic carbocycles. The lowest BCUT2D eigenvalue weighted by molar-refractivity contribution is 0.474. The average molecular weight is 301 g/mol. The molecule has 2 nitrogen and oxygen atoms in total. The topological polar surface area (TPSA) is 32.6 Å². The lowest BCUT2D eigenvalue weighted by atomic mass is 9.91. The Bertz CT molecular complexity index is 865. The molecule has 0 radical (unpaired) electrons. The van der Waals surface area contributed by atoms with Crippen molar-refractivity contribution in [1.29, 1.82) is 0 Å². The molecule has 0 aliphatic heterocycles. The SMILES string of the molecule is C/N=C(\c1ccccc1O)c1ccccc1-c1ccccc1C. The summed E-state index contributed by atoms with van der Waals surface area (Å²) in [6, 6.07) is 23.8. The van der Waals surface area contributed by atoms with Gasteiger partial charge in [-0.2, -0.15) is 0 Å². The summed E-state index contributed by atoms with van der Waals surface area (Å²) in [6.07, 6.45) is 0. The second kappa shape index (κ2) is 6.49. The van der Waals surface area contributed by atoms with Crippen molar-refractivity contribution in [3.05, 3.63) is 89.5 Å². The normalized spacial score (nSPS) is 11.5. The van der Waals surface area contributed by atoms with Crippen LogP contribution in [0.1, 0.15) is 16.7 Å². The highest BCUT2D eigenvalue weighted by Gasteiger charge is 2.15. The Hall–Kier alpha value is -2.87. The average Bonchev–Trinajstić information content (AvgIpc) is 2.58. The first kappa shape index (κ1) is 15.0. The summed E-state index contributed by atoms with van der Waals surface area (Å²) in [4.78, 5) is 4.46. The standard InChI is InChI=1S/C21H19NO/c1-15-9-3-4-10-16(15)17-11-5-6-12-18(17)21(22-2)19-13-7-8-14-20(19)23/h3-14,23H,1-2H3/b22-21-. The number of hydrogen-bond donors (Lipinski definition) is 1. The molecule has 0 amide bonds. The highest BCUT2D eigenvalue weighted by atomic mass is 16.3. The number of benzene rings is 3. The van der Waals surface area contributed by atoms with E-state index in [-0.39, 0.29) is 5.75 Å². The number of nitrogens with zero attached hydrogens (tertiary/aromatic N) is 1. The Balaban J connectivity index is 2.22. The molecule has 0 aliphatic rings. The first-order valence-electron chi connectivity index (χ1n) is 7.63. The zero-order valence-corrected chi connectivity index (χ0v) is 13.3. The van der Waals surface area contributed by atoms with E-state index in [1.165, 1.54) is 11.1 Å². The van der Waals surface area contributed by atoms with Crippen LogP contribution in [0.2, 0.25) is 0 Å². The van der Waals surface area contributed by atoms with E-state index in [1.54, 1.807) is 13.1 Å². The number of para-hydroxylation sites is 1. The predicted octanol–water partition coefficient (Wildman–Crippen LogP) is 4.83. The molecule has 0 aliphatic carbocycles. The molecule has 0 saturated heterocycles. The van der Waals surface area contributed by atoms with Gasteiger partial charge in [-0.25, -0.2) is 0 Å². The number of aromatic hydroxyl groups is 1. The molecule has 23 heavy (non-hydrogen) atoms. The van der Waals surface area contributed by atoms with Crippen molar-refractivity contribution >= 4 is 5.71 Å². The lowest BCUT2D eigenvalue weighted by Crippen LogP contribution is -2.06. The summed E-state index contributed by atoms with van der Waals surface area (Å²) in [7, 11) is 1.76. The summed E-state index contributed by atoms with van der Waals surface area (Å²) in [5.41, 5.74) is 6.07. The zero-order valence-electron chi connectivity index (χ0n) is 13.3. The van der Waals surface area contributed by atoms with Crippen molar-refractivity contribution in [1.82, 2.24) is 0 Å². The molecule has 114 valence electrons. The third-order valence-electron chi connectivity index (χ3n) is 4.00. The van der Waals surface area contributed by atoms with Gasteiger partial charge in [0.25, 0.3) is 0 Å². The molecule has 1 N–H and O–H groups in total. The van der Waals surface area contributed by atoms with E-state index >= 15 is 0 Å². The van der Waals surface area contributed by atoms with E-state index in [2.05, 4.69) is 36.2 Å². The van der Waals surface area contributed by atoms with Crippen LogP contribution in [0.5, 0.6) is 5.75 Å². The van der Waals surface area contributed by atoms with Crippen LogP contribution in [0.4, 0.5) is 0 Å². The van der Waals surface area contributed by atoms with E-state index < -0.39 is 0 Å². The van der Waals surface area contributed by atoms with Gasteiger partial charge in [-0.15, -0.1) is 0 Å². The van der Waals surface area contributed by atoms with E-state index in [0.717, 1.165) is 22.4 Å². The van der Waals surface area contributed by atoms with Crippen LogP contribution in [0.15, 0.2) is 77.8 Å². The quantitative estimate of drug-likeness (QED) is 0.690. The van der Waals surface area contributed by atoms with Crippen molar-refractivity contribution in [2.24, 2.45) is 4.99 Å². The molecular formula is C21H19NO. The number of aryl methyl sites for hydroxylation is 1. The maximum atomic E-state index is 10.2. The number of phenols is 1. The van der Waals surface area contributed by atoms with Gasteiger partial charge >= 0.3 is 0 Å². The van der Waals surface area contributed by atoms with E-state index in [0.29, 0.717) is 0 Å². The molecular weight excluding hydrogens is 282 g/mol. The number of hydrogen-bond acceptors (Lipinski definition) is 2. The van der Waals surface area contributed by atoms with Crippen molar-refractivity contribution in [2.75, 3.05) is 7.05 Å². The van der Waals surface area contributed by atoms with Gasteiger partial charge in [0.05, 0.1) is 5.71 Å². The minimum atomic E-state index is 0.243. The minimum Gasteiger partial charge on any atom is -0.507 e. The van der Waals surface area contributed by atoms with E-state index in [9.17, 15) is 5.11 Å². The monoisotopic (exact) mass is 301 g/mol. The molecule has 0 heterocycles. The van der Waals surface area contributed by atoms with E-state index in [4.69, 9.17) is 0 Å². The zero-order chi connectivity index (χ0) is 16.2. The van der Waals surface area contributed by atoms with Gasteiger partial charge < -0.3 is 5.11 Å². The Morgan fingerprint density at radius 1 is 0.739 bits per heavy atom. The van der Waals surface area contributed by atoms with Crippen molar-refractivity contribution in [2.45, 2.75) is 6.92 Å². The molecule has 0 atom stereocenters. The number of aliphatic imine (C=N–C) groups is 1. The fourth-order valence-corrected chi connectivity index (χ4v) is 2.86. The molecule has 0 bridgehead atoms. The van der Waals surface area contributed by atoms with Gasteiger partial charge in [0, 0.05) is 18.2 Å². The van der Waals surface area contributed by atoms with Crippen LogP contribution in [0.3, 0.4) is 0 Å². The summed E-state index contributed by atoms with van der Waals surface area (Å²) >= 11 is 0. The summed E-state index contributed by atoms with van der Waals surface area (Å²) in [5.74, 6) is 0.243. The molecule has 3 aromatic rings. The van der Waals surface area contributed by atoms with Crippen LogP contribution in [-0.4, -0.2) is 17.9 Å². The second-order valence-electron chi connectivity index (χ2n) is 5.45. The Labute approximate surface area is 136 Å². The summed E-state index contributed by atoms with van der Waals surface area (Å²) in [6.45, 7) is 2.11. The van der Waals surface area contributed by atoms with Crippen molar-refractivity contribution < 1.29 is 5.11 Å². The maximum Gasteiger partial charge on any atom is 0.124 e.